The normalized spacial score (nSPS) is 10.4. The van der Waals surface area contributed by atoms with E-state index in [4.69, 9.17) is 23.2 Å². The largest absolute Gasteiger partial charge is 0.339 e. The van der Waals surface area contributed by atoms with E-state index in [1.807, 2.05) is 0 Å². The lowest BCUT2D eigenvalue weighted by atomic mass is 10.2. The van der Waals surface area contributed by atoms with Gasteiger partial charge in [0.25, 0.3) is 5.91 Å². The Kier molecular flexibility index (Phi) is 5.16. The van der Waals surface area contributed by atoms with Crippen LogP contribution in [-0.4, -0.2) is 10.9 Å². The Bertz CT molecular complexity index is 916. The SMILES string of the molecule is O=C(Nc1ccc(Nc2cc(Cl)ccc2Cl)nc1)c1cccc(F)c1. The molecular weight excluding hydrogens is 364 g/mol. The van der Waals surface area contributed by atoms with Gasteiger partial charge in [-0.25, -0.2) is 9.37 Å². The van der Waals surface area contributed by atoms with E-state index in [2.05, 4.69) is 15.6 Å². The topological polar surface area (TPSA) is 54.0 Å². The Morgan fingerprint density at radius 2 is 1.88 bits per heavy atom. The average Bonchev–Trinajstić information content (AvgIpc) is 2.60. The van der Waals surface area contributed by atoms with Crippen LogP contribution < -0.4 is 10.6 Å². The van der Waals surface area contributed by atoms with Crippen LogP contribution in [0.5, 0.6) is 0 Å². The number of carbonyl (C=O) groups excluding carboxylic acids is 1. The number of benzene rings is 2. The molecule has 2 aromatic carbocycles. The molecule has 0 unspecified atom stereocenters. The summed E-state index contributed by atoms with van der Waals surface area (Å²) in [5, 5.41) is 6.75. The summed E-state index contributed by atoms with van der Waals surface area (Å²) >= 11 is 12.0. The van der Waals surface area contributed by atoms with Gasteiger partial charge in [-0.3, -0.25) is 4.79 Å². The number of hydrogen-bond donors (Lipinski definition) is 2. The summed E-state index contributed by atoms with van der Waals surface area (Å²) in [6.45, 7) is 0. The zero-order chi connectivity index (χ0) is 17.8. The fourth-order valence-electron chi connectivity index (χ4n) is 2.11. The third-order valence-corrected chi connectivity index (χ3v) is 3.86. The van der Waals surface area contributed by atoms with Crippen molar-refractivity contribution in [3.8, 4) is 0 Å². The fourth-order valence-corrected chi connectivity index (χ4v) is 2.44. The van der Waals surface area contributed by atoms with Gasteiger partial charge < -0.3 is 10.6 Å². The maximum Gasteiger partial charge on any atom is 0.255 e. The molecule has 4 nitrogen and oxygen atoms in total. The molecule has 0 aliphatic carbocycles. The molecule has 126 valence electrons. The maximum absolute atomic E-state index is 13.2. The summed E-state index contributed by atoms with van der Waals surface area (Å²) in [7, 11) is 0. The van der Waals surface area contributed by atoms with Gasteiger partial charge in [0.05, 0.1) is 22.6 Å². The van der Waals surface area contributed by atoms with Gasteiger partial charge in [-0.05, 0) is 48.5 Å². The van der Waals surface area contributed by atoms with Gasteiger partial charge in [0.15, 0.2) is 0 Å². The van der Waals surface area contributed by atoms with Crippen molar-refractivity contribution in [2.75, 3.05) is 10.6 Å². The van der Waals surface area contributed by atoms with Crippen LogP contribution in [-0.2, 0) is 0 Å². The van der Waals surface area contributed by atoms with Crippen molar-refractivity contribution in [1.29, 1.82) is 0 Å². The smallest absolute Gasteiger partial charge is 0.255 e. The second-order valence-corrected chi connectivity index (χ2v) is 5.99. The lowest BCUT2D eigenvalue weighted by molar-refractivity contribution is 0.102. The number of rotatable bonds is 4. The van der Waals surface area contributed by atoms with E-state index in [1.165, 1.54) is 30.5 Å². The second kappa shape index (κ2) is 7.51. The van der Waals surface area contributed by atoms with Crippen molar-refractivity contribution in [1.82, 2.24) is 4.98 Å². The monoisotopic (exact) mass is 375 g/mol. The van der Waals surface area contributed by atoms with Gasteiger partial charge >= 0.3 is 0 Å². The molecular formula is C18H12Cl2FN3O. The van der Waals surface area contributed by atoms with E-state index < -0.39 is 11.7 Å². The molecule has 3 rings (SSSR count). The third kappa shape index (κ3) is 4.47. The molecule has 1 heterocycles. The van der Waals surface area contributed by atoms with E-state index in [1.54, 1.807) is 30.3 Å². The maximum atomic E-state index is 13.2. The molecule has 0 saturated heterocycles. The number of nitrogens with one attached hydrogen (secondary N) is 2. The first-order valence-corrected chi connectivity index (χ1v) is 8.02. The molecule has 0 fully saturated rings. The Morgan fingerprint density at radius 3 is 2.60 bits per heavy atom. The highest BCUT2D eigenvalue weighted by atomic mass is 35.5. The highest BCUT2D eigenvalue weighted by molar-refractivity contribution is 6.35. The first-order chi connectivity index (χ1) is 12.0. The van der Waals surface area contributed by atoms with Gasteiger partial charge in [0.2, 0.25) is 0 Å². The second-order valence-electron chi connectivity index (χ2n) is 5.15. The van der Waals surface area contributed by atoms with Crippen LogP contribution in [0.1, 0.15) is 10.4 Å². The van der Waals surface area contributed by atoms with Gasteiger partial charge in [0, 0.05) is 10.6 Å². The molecule has 0 aliphatic heterocycles. The number of nitrogens with zero attached hydrogens (tertiary/aromatic N) is 1. The molecule has 0 spiro atoms. The van der Waals surface area contributed by atoms with Gasteiger partial charge in [-0.1, -0.05) is 29.3 Å². The van der Waals surface area contributed by atoms with E-state index in [0.29, 0.717) is 27.2 Å². The molecule has 0 atom stereocenters. The van der Waals surface area contributed by atoms with Crippen molar-refractivity contribution in [3.63, 3.8) is 0 Å². The summed E-state index contributed by atoms with van der Waals surface area (Å²) in [5.74, 6) is -0.350. The molecule has 2 N–H and O–H groups in total. The predicted octanol–water partition coefficient (Wildman–Crippen LogP) is 5.52. The third-order valence-electron chi connectivity index (χ3n) is 3.30. The molecule has 7 heteroatoms. The van der Waals surface area contributed by atoms with Crippen molar-refractivity contribution in [2.45, 2.75) is 0 Å². The molecule has 1 aromatic heterocycles. The quantitative estimate of drug-likeness (QED) is 0.630. The van der Waals surface area contributed by atoms with E-state index in [-0.39, 0.29) is 5.56 Å². The number of halogens is 3. The first kappa shape index (κ1) is 17.2. The summed E-state index contributed by atoms with van der Waals surface area (Å²) in [4.78, 5) is 16.3. The zero-order valence-electron chi connectivity index (χ0n) is 12.8. The molecule has 1 amide bonds. The van der Waals surface area contributed by atoms with Crippen molar-refractivity contribution in [2.24, 2.45) is 0 Å². The van der Waals surface area contributed by atoms with Gasteiger partial charge in [-0.15, -0.1) is 0 Å². The van der Waals surface area contributed by atoms with Crippen molar-refractivity contribution >= 4 is 46.3 Å². The number of amides is 1. The lowest BCUT2D eigenvalue weighted by Gasteiger charge is -2.09. The summed E-state index contributed by atoms with van der Waals surface area (Å²) in [6.07, 6.45) is 1.48. The predicted molar refractivity (Wildman–Crippen MR) is 98.3 cm³/mol. The minimum absolute atomic E-state index is 0.230. The zero-order valence-corrected chi connectivity index (χ0v) is 14.3. The number of hydrogen-bond acceptors (Lipinski definition) is 3. The number of carbonyl (C=O) groups is 1. The Hall–Kier alpha value is -2.63. The minimum Gasteiger partial charge on any atom is -0.339 e. The lowest BCUT2D eigenvalue weighted by Crippen LogP contribution is -2.12. The van der Waals surface area contributed by atoms with Crippen LogP contribution in [0.25, 0.3) is 0 Å². The highest BCUT2D eigenvalue weighted by Gasteiger charge is 2.08. The van der Waals surface area contributed by atoms with Crippen LogP contribution in [0.3, 0.4) is 0 Å². The average molecular weight is 376 g/mol. The van der Waals surface area contributed by atoms with Crippen LogP contribution >= 0.6 is 23.2 Å². The Balaban J connectivity index is 1.70. The first-order valence-electron chi connectivity index (χ1n) is 7.26. The molecule has 25 heavy (non-hydrogen) atoms. The summed E-state index contributed by atoms with van der Waals surface area (Å²) in [6, 6.07) is 13.9. The van der Waals surface area contributed by atoms with Crippen LogP contribution in [0.4, 0.5) is 21.6 Å². The molecule has 3 aromatic rings. The molecule has 0 aliphatic rings. The summed E-state index contributed by atoms with van der Waals surface area (Å²) in [5.41, 5.74) is 1.34. The Morgan fingerprint density at radius 1 is 1.04 bits per heavy atom. The molecule has 0 bridgehead atoms. The Labute approximate surface area is 153 Å². The highest BCUT2D eigenvalue weighted by Crippen LogP contribution is 2.28. The number of aromatic nitrogens is 1. The van der Waals surface area contributed by atoms with Gasteiger partial charge in [0.1, 0.15) is 11.6 Å². The van der Waals surface area contributed by atoms with Crippen LogP contribution in [0, 0.1) is 5.82 Å². The van der Waals surface area contributed by atoms with Crippen LogP contribution in [0.2, 0.25) is 10.0 Å². The number of pyridine rings is 1. The molecule has 0 radical (unpaired) electrons. The molecule has 0 saturated carbocycles. The minimum atomic E-state index is -0.469. The van der Waals surface area contributed by atoms with Crippen molar-refractivity contribution in [3.05, 3.63) is 82.2 Å². The van der Waals surface area contributed by atoms with Gasteiger partial charge in [-0.2, -0.15) is 0 Å². The summed E-state index contributed by atoms with van der Waals surface area (Å²) < 4.78 is 13.2. The van der Waals surface area contributed by atoms with E-state index >= 15 is 0 Å². The number of anilines is 3. The van der Waals surface area contributed by atoms with E-state index in [9.17, 15) is 9.18 Å². The van der Waals surface area contributed by atoms with Crippen molar-refractivity contribution < 1.29 is 9.18 Å². The van der Waals surface area contributed by atoms with Crippen LogP contribution in [0.15, 0.2) is 60.8 Å². The fraction of sp³-hybridized carbons (Fsp3) is 0. The van der Waals surface area contributed by atoms with E-state index in [0.717, 1.165) is 0 Å². The standard InChI is InChI=1S/C18H12Cl2FN3O/c19-12-4-6-15(20)16(9-12)24-17-7-5-14(10-22-17)23-18(25)11-2-1-3-13(21)8-11/h1-10H,(H,22,24)(H,23,25).